The predicted octanol–water partition coefficient (Wildman–Crippen LogP) is 3.89. The van der Waals surface area contributed by atoms with E-state index in [1.165, 1.54) is 0 Å². The smallest absolute Gasteiger partial charge is 0.255 e. The minimum atomic E-state index is -0.180. The third kappa shape index (κ3) is 3.22. The molecule has 1 aliphatic rings. The highest BCUT2D eigenvalue weighted by Crippen LogP contribution is 2.30. The molecule has 0 fully saturated rings. The minimum Gasteiger partial charge on any atom is -0.322 e. The van der Waals surface area contributed by atoms with Gasteiger partial charge in [0.2, 0.25) is 5.91 Å². The Kier molecular flexibility index (Phi) is 4.35. The zero-order valence-electron chi connectivity index (χ0n) is 12.8. The summed E-state index contributed by atoms with van der Waals surface area (Å²) in [4.78, 5) is 25.9. The molecular formula is C18H17ClN2O2. The molecule has 23 heavy (non-hydrogen) atoms. The van der Waals surface area contributed by atoms with Crippen molar-refractivity contribution in [2.75, 3.05) is 16.8 Å². The van der Waals surface area contributed by atoms with Gasteiger partial charge in [-0.05, 0) is 61.4 Å². The van der Waals surface area contributed by atoms with Gasteiger partial charge in [0, 0.05) is 34.9 Å². The molecule has 3 rings (SSSR count). The van der Waals surface area contributed by atoms with Crippen molar-refractivity contribution in [3.8, 4) is 0 Å². The van der Waals surface area contributed by atoms with E-state index >= 15 is 0 Å². The van der Waals surface area contributed by atoms with Gasteiger partial charge in [-0.25, -0.2) is 0 Å². The summed E-state index contributed by atoms with van der Waals surface area (Å²) in [5.74, 6) is -0.0289. The molecule has 2 aromatic rings. The van der Waals surface area contributed by atoms with Crippen molar-refractivity contribution in [2.45, 2.75) is 19.8 Å². The second-order valence-corrected chi connectivity index (χ2v) is 5.88. The maximum Gasteiger partial charge on any atom is 0.255 e. The highest BCUT2D eigenvalue weighted by Gasteiger charge is 2.23. The van der Waals surface area contributed by atoms with E-state index in [4.69, 9.17) is 11.6 Å². The van der Waals surface area contributed by atoms with Crippen LogP contribution in [0.4, 0.5) is 11.4 Å². The third-order valence-corrected chi connectivity index (χ3v) is 4.21. The first-order valence-corrected chi connectivity index (χ1v) is 7.96. The molecule has 0 aromatic heterocycles. The molecule has 0 atom stereocenters. The Labute approximate surface area is 140 Å². The minimum absolute atomic E-state index is 0.151. The maximum atomic E-state index is 12.2. The Hall–Kier alpha value is -2.33. The Morgan fingerprint density at radius 1 is 1.17 bits per heavy atom. The summed E-state index contributed by atoms with van der Waals surface area (Å²) in [6.45, 7) is 2.62. The predicted molar refractivity (Wildman–Crippen MR) is 92.2 cm³/mol. The van der Waals surface area contributed by atoms with Gasteiger partial charge in [0.1, 0.15) is 0 Å². The summed E-state index contributed by atoms with van der Waals surface area (Å²) in [5, 5.41) is 3.48. The molecule has 0 saturated heterocycles. The van der Waals surface area contributed by atoms with Crippen LogP contribution in [0.2, 0.25) is 5.02 Å². The van der Waals surface area contributed by atoms with Gasteiger partial charge < -0.3 is 10.2 Å². The van der Waals surface area contributed by atoms with Gasteiger partial charge in [0.05, 0.1) is 0 Å². The monoisotopic (exact) mass is 328 g/mol. The molecule has 1 heterocycles. The number of anilines is 2. The normalized spacial score (nSPS) is 13.7. The zero-order chi connectivity index (χ0) is 16.4. The van der Waals surface area contributed by atoms with Crippen LogP contribution in [0, 0.1) is 0 Å². The lowest BCUT2D eigenvalue weighted by atomic mass is 10.0. The van der Waals surface area contributed by atoms with E-state index in [2.05, 4.69) is 5.32 Å². The number of benzene rings is 2. The summed E-state index contributed by atoms with van der Waals surface area (Å²) in [6, 6.07) is 12.4. The number of nitrogens with one attached hydrogen (secondary N) is 1. The van der Waals surface area contributed by atoms with Crippen LogP contribution in [0.3, 0.4) is 0 Å². The number of carbonyl (C=O) groups excluding carboxylic acids is 2. The van der Waals surface area contributed by atoms with Gasteiger partial charge in [-0.15, -0.1) is 0 Å². The van der Waals surface area contributed by atoms with Gasteiger partial charge in [0.15, 0.2) is 0 Å². The molecule has 1 aliphatic heterocycles. The van der Waals surface area contributed by atoms with Crippen molar-refractivity contribution >= 4 is 34.8 Å². The number of aryl methyl sites for hydroxylation is 1. The van der Waals surface area contributed by atoms with Gasteiger partial charge >= 0.3 is 0 Å². The Balaban J connectivity index is 1.81. The molecule has 118 valence electrons. The Bertz CT molecular complexity index is 756. The first-order chi connectivity index (χ1) is 11.1. The van der Waals surface area contributed by atoms with Crippen molar-refractivity contribution < 1.29 is 9.59 Å². The molecule has 2 amide bonds. The number of nitrogens with zero attached hydrogens (tertiary/aromatic N) is 1. The summed E-state index contributed by atoms with van der Waals surface area (Å²) >= 11 is 5.83. The van der Waals surface area contributed by atoms with Crippen LogP contribution >= 0.6 is 11.6 Å². The van der Waals surface area contributed by atoms with Crippen molar-refractivity contribution in [2.24, 2.45) is 0 Å². The number of hydrogen-bond acceptors (Lipinski definition) is 2. The van der Waals surface area contributed by atoms with Crippen LogP contribution in [-0.2, 0) is 11.2 Å². The molecule has 0 aliphatic carbocycles. The second-order valence-electron chi connectivity index (χ2n) is 5.44. The average Bonchev–Trinajstić information content (AvgIpc) is 2.55. The van der Waals surface area contributed by atoms with Crippen LogP contribution in [0.15, 0.2) is 42.5 Å². The SMILES string of the molecule is CCN1C(=O)CCc2cc(NC(=O)c3ccc(Cl)cc3)ccc21. The van der Waals surface area contributed by atoms with Gasteiger partial charge in [-0.2, -0.15) is 0 Å². The number of carbonyl (C=O) groups is 2. The lowest BCUT2D eigenvalue weighted by molar-refractivity contribution is -0.118. The molecule has 0 bridgehead atoms. The lowest BCUT2D eigenvalue weighted by Crippen LogP contribution is -2.34. The second kappa shape index (κ2) is 6.42. The molecule has 1 N–H and O–H groups in total. The van der Waals surface area contributed by atoms with E-state index in [1.54, 1.807) is 29.2 Å². The van der Waals surface area contributed by atoms with Gasteiger partial charge in [-0.3, -0.25) is 9.59 Å². The molecule has 4 nitrogen and oxygen atoms in total. The van der Waals surface area contributed by atoms with Crippen molar-refractivity contribution in [3.05, 3.63) is 58.6 Å². The molecule has 0 spiro atoms. The Morgan fingerprint density at radius 2 is 1.91 bits per heavy atom. The van der Waals surface area contributed by atoms with E-state index in [9.17, 15) is 9.59 Å². The van der Waals surface area contributed by atoms with E-state index in [-0.39, 0.29) is 11.8 Å². The van der Waals surface area contributed by atoms with Crippen LogP contribution in [-0.4, -0.2) is 18.4 Å². The largest absolute Gasteiger partial charge is 0.322 e. The lowest BCUT2D eigenvalue weighted by Gasteiger charge is -2.28. The van der Waals surface area contributed by atoms with Crippen molar-refractivity contribution in [1.29, 1.82) is 0 Å². The molecule has 2 aromatic carbocycles. The highest BCUT2D eigenvalue weighted by atomic mass is 35.5. The van der Waals surface area contributed by atoms with Crippen LogP contribution < -0.4 is 10.2 Å². The first-order valence-electron chi connectivity index (χ1n) is 7.58. The van der Waals surface area contributed by atoms with E-state index in [0.29, 0.717) is 30.0 Å². The molecular weight excluding hydrogens is 312 g/mol. The molecule has 0 radical (unpaired) electrons. The van der Waals surface area contributed by atoms with Crippen LogP contribution in [0.25, 0.3) is 0 Å². The van der Waals surface area contributed by atoms with E-state index < -0.39 is 0 Å². The van der Waals surface area contributed by atoms with Crippen molar-refractivity contribution in [3.63, 3.8) is 0 Å². The maximum absolute atomic E-state index is 12.2. The average molecular weight is 329 g/mol. The van der Waals surface area contributed by atoms with Gasteiger partial charge in [-0.1, -0.05) is 11.6 Å². The van der Waals surface area contributed by atoms with Crippen LogP contribution in [0.1, 0.15) is 29.3 Å². The van der Waals surface area contributed by atoms with E-state index in [1.807, 2.05) is 25.1 Å². The van der Waals surface area contributed by atoms with E-state index in [0.717, 1.165) is 16.9 Å². The summed E-state index contributed by atoms with van der Waals surface area (Å²) < 4.78 is 0. The summed E-state index contributed by atoms with van der Waals surface area (Å²) in [5.41, 5.74) is 3.31. The number of rotatable bonds is 3. The fraction of sp³-hybridized carbons (Fsp3) is 0.222. The fourth-order valence-electron chi connectivity index (χ4n) is 2.79. The topological polar surface area (TPSA) is 49.4 Å². The number of halogens is 1. The quantitative estimate of drug-likeness (QED) is 0.929. The Morgan fingerprint density at radius 3 is 2.61 bits per heavy atom. The summed E-state index contributed by atoms with van der Waals surface area (Å²) in [6.07, 6.45) is 1.21. The highest BCUT2D eigenvalue weighted by molar-refractivity contribution is 6.30. The number of hydrogen-bond donors (Lipinski definition) is 1. The first kappa shape index (κ1) is 15.6. The number of fused-ring (bicyclic) bond motifs is 1. The van der Waals surface area contributed by atoms with Crippen molar-refractivity contribution in [1.82, 2.24) is 0 Å². The standard InChI is InChI=1S/C18H17ClN2O2/c1-2-21-16-9-8-15(11-13(16)5-10-17(21)22)20-18(23)12-3-6-14(19)7-4-12/h3-4,6-9,11H,2,5,10H2,1H3,(H,20,23). The van der Waals surface area contributed by atoms with Crippen LogP contribution in [0.5, 0.6) is 0 Å². The fourth-order valence-corrected chi connectivity index (χ4v) is 2.91. The molecule has 0 saturated carbocycles. The summed E-state index contributed by atoms with van der Waals surface area (Å²) in [7, 11) is 0. The molecule has 5 heteroatoms. The number of amides is 2. The van der Waals surface area contributed by atoms with Gasteiger partial charge in [0.25, 0.3) is 5.91 Å². The zero-order valence-corrected chi connectivity index (χ0v) is 13.6. The molecule has 0 unspecified atom stereocenters. The third-order valence-electron chi connectivity index (χ3n) is 3.96.